The maximum Gasteiger partial charge on any atom is 0.408 e. The Labute approximate surface area is 208 Å². The van der Waals surface area contributed by atoms with Gasteiger partial charge in [0.15, 0.2) is 0 Å². The van der Waals surface area contributed by atoms with E-state index in [1.165, 1.54) is 13.2 Å². The van der Waals surface area contributed by atoms with E-state index < -0.39 is 24.0 Å². The van der Waals surface area contributed by atoms with Gasteiger partial charge in [-0.3, -0.25) is 4.79 Å². The maximum absolute atomic E-state index is 13.6. The van der Waals surface area contributed by atoms with Crippen LogP contribution in [-0.4, -0.2) is 33.7 Å². The molecular formula is C27H29F3N4O2. The van der Waals surface area contributed by atoms with E-state index >= 15 is 0 Å². The fraction of sp³-hybridized carbons (Fsp3) is 0.370. The first-order valence-corrected chi connectivity index (χ1v) is 11.9. The Kier molecular flexibility index (Phi) is 7.19. The van der Waals surface area contributed by atoms with Crippen molar-refractivity contribution in [1.29, 1.82) is 0 Å². The topological polar surface area (TPSA) is 70.7 Å². The van der Waals surface area contributed by atoms with E-state index in [1.54, 1.807) is 11.1 Å². The van der Waals surface area contributed by atoms with Gasteiger partial charge in [0.25, 0.3) is 5.91 Å². The number of carbonyl (C=O) groups is 1. The second-order valence-corrected chi connectivity index (χ2v) is 9.18. The summed E-state index contributed by atoms with van der Waals surface area (Å²) >= 11 is 0. The molecule has 1 fully saturated rings. The van der Waals surface area contributed by atoms with Crippen LogP contribution < -0.4 is 5.32 Å². The second-order valence-electron chi connectivity index (χ2n) is 9.18. The first kappa shape index (κ1) is 25.5. The van der Waals surface area contributed by atoms with Gasteiger partial charge in [0.1, 0.15) is 18.1 Å². The van der Waals surface area contributed by atoms with Gasteiger partial charge in [-0.05, 0) is 64.2 Å². The summed E-state index contributed by atoms with van der Waals surface area (Å²) in [5.41, 5.74) is 4.02. The molecule has 1 aromatic heterocycles. The van der Waals surface area contributed by atoms with E-state index in [2.05, 4.69) is 10.3 Å². The summed E-state index contributed by atoms with van der Waals surface area (Å²) in [7, 11) is 0. The van der Waals surface area contributed by atoms with Gasteiger partial charge in [0, 0.05) is 23.0 Å². The molecule has 1 amide bonds. The summed E-state index contributed by atoms with van der Waals surface area (Å²) in [5.74, 6) is -0.608. The van der Waals surface area contributed by atoms with Crippen LogP contribution in [0, 0.1) is 5.92 Å². The molecule has 1 aliphatic carbocycles. The Hall–Kier alpha value is -3.62. The number of allylic oxidation sites excluding steroid dienone is 3. The van der Waals surface area contributed by atoms with Crippen LogP contribution in [0.5, 0.6) is 0 Å². The van der Waals surface area contributed by atoms with E-state index in [9.17, 15) is 18.0 Å². The molecule has 1 N–H and O–H groups in total. The number of nitrogens with zero attached hydrogens (tertiary/aromatic N) is 3. The first-order chi connectivity index (χ1) is 17.1. The van der Waals surface area contributed by atoms with Crippen molar-refractivity contribution in [2.75, 3.05) is 0 Å². The molecule has 6 nitrogen and oxygen atoms in total. The largest absolute Gasteiger partial charge is 0.445 e. The molecule has 2 heterocycles. The lowest BCUT2D eigenvalue weighted by atomic mass is 10.0. The molecule has 0 spiro atoms. The van der Waals surface area contributed by atoms with E-state index in [0.29, 0.717) is 24.4 Å². The van der Waals surface area contributed by atoms with Crippen molar-refractivity contribution in [3.63, 3.8) is 0 Å². The van der Waals surface area contributed by atoms with E-state index in [-0.39, 0.29) is 11.4 Å². The number of hydrogen-bond donors (Lipinski definition) is 1. The molecule has 2 aromatic rings. The number of halogens is 3. The highest BCUT2D eigenvalue weighted by Gasteiger charge is 2.49. The molecule has 9 heteroatoms. The second kappa shape index (κ2) is 10.2. The molecule has 0 radical (unpaired) electrons. The van der Waals surface area contributed by atoms with Crippen LogP contribution >= 0.6 is 0 Å². The normalized spacial score (nSPS) is 19.0. The Morgan fingerprint density at radius 1 is 1.28 bits per heavy atom. The number of aromatic nitrogens is 1. The van der Waals surface area contributed by atoms with Crippen LogP contribution in [0.1, 0.15) is 52.5 Å². The highest BCUT2D eigenvalue weighted by molar-refractivity contribution is 6.11. The molecule has 0 bridgehead atoms. The third kappa shape index (κ3) is 5.61. The SMILES string of the molecule is CC/C(C)=C/N1C(C)=CC(c2cccc(-c3ncco3)c2)=N/C1=C(/C)C(=O)NC(C1CC1)C(F)(F)F. The number of amides is 1. The average molecular weight is 499 g/mol. The van der Waals surface area contributed by atoms with Crippen LogP contribution in [0.4, 0.5) is 13.2 Å². The first-order valence-electron chi connectivity index (χ1n) is 11.9. The number of hydrogen-bond acceptors (Lipinski definition) is 5. The van der Waals surface area contributed by atoms with Gasteiger partial charge in [-0.15, -0.1) is 0 Å². The number of carbonyl (C=O) groups excluding carboxylic acids is 1. The number of aliphatic imine (C=N–C) groups is 1. The molecule has 190 valence electrons. The molecule has 36 heavy (non-hydrogen) atoms. The van der Waals surface area contributed by atoms with E-state index in [0.717, 1.165) is 28.8 Å². The lowest BCUT2D eigenvalue weighted by molar-refractivity contribution is -0.164. The van der Waals surface area contributed by atoms with E-state index in [4.69, 9.17) is 9.41 Å². The van der Waals surface area contributed by atoms with Crippen molar-refractivity contribution in [2.45, 2.75) is 59.2 Å². The lowest BCUT2D eigenvalue weighted by Crippen LogP contribution is -2.47. The third-order valence-electron chi connectivity index (χ3n) is 6.33. The number of nitrogens with one attached hydrogen (secondary N) is 1. The smallest absolute Gasteiger partial charge is 0.408 e. The summed E-state index contributed by atoms with van der Waals surface area (Å²) in [4.78, 5) is 23.8. The number of alkyl halides is 3. The van der Waals surface area contributed by atoms with Crippen molar-refractivity contribution in [2.24, 2.45) is 10.9 Å². The van der Waals surface area contributed by atoms with Crippen molar-refractivity contribution < 1.29 is 22.4 Å². The van der Waals surface area contributed by atoms with Gasteiger partial charge in [0.2, 0.25) is 5.89 Å². The Morgan fingerprint density at radius 2 is 2.00 bits per heavy atom. The zero-order chi connectivity index (χ0) is 26.0. The van der Waals surface area contributed by atoms with Crippen LogP contribution in [0.2, 0.25) is 0 Å². The number of rotatable bonds is 7. The van der Waals surface area contributed by atoms with Gasteiger partial charge in [-0.1, -0.05) is 24.6 Å². The Bertz CT molecular complexity index is 1250. The standard InChI is InChI=1S/C27H29F3N4O2/c1-5-16(2)15-34-17(3)13-22(20-7-6-8-21(14-20)26-31-11-12-36-26)32-24(34)18(4)25(35)33-23(19-9-10-19)27(28,29)30/h6-8,11-15,19,23H,5,9-10H2,1-4H3,(H,33,35)/b16-15+,24-18+. The molecule has 0 saturated heterocycles. The van der Waals surface area contributed by atoms with Crippen LogP contribution in [-0.2, 0) is 4.79 Å². The zero-order valence-corrected chi connectivity index (χ0v) is 20.7. The van der Waals surface area contributed by atoms with Crippen LogP contribution in [0.25, 0.3) is 11.5 Å². The predicted octanol–water partition coefficient (Wildman–Crippen LogP) is 6.35. The van der Waals surface area contributed by atoms with Crippen molar-refractivity contribution in [3.05, 3.63) is 77.2 Å². The summed E-state index contributed by atoms with van der Waals surface area (Å²) in [6, 6.07) is 5.59. The third-order valence-corrected chi connectivity index (χ3v) is 6.33. The van der Waals surface area contributed by atoms with Crippen LogP contribution in [0.3, 0.4) is 0 Å². The highest BCUT2D eigenvalue weighted by Crippen LogP contribution is 2.40. The Balaban J connectivity index is 1.75. The summed E-state index contributed by atoms with van der Waals surface area (Å²) in [5, 5.41) is 2.22. The summed E-state index contributed by atoms with van der Waals surface area (Å²) in [6.07, 6.45) is 3.97. The molecular weight excluding hydrogens is 469 g/mol. The van der Waals surface area contributed by atoms with E-state index in [1.807, 2.05) is 57.3 Å². The van der Waals surface area contributed by atoms with Gasteiger partial charge in [-0.25, -0.2) is 9.98 Å². The zero-order valence-electron chi connectivity index (χ0n) is 20.7. The van der Waals surface area contributed by atoms with Gasteiger partial charge in [-0.2, -0.15) is 13.2 Å². The number of oxazole rings is 1. The quantitative estimate of drug-likeness (QED) is 0.452. The predicted molar refractivity (Wildman–Crippen MR) is 132 cm³/mol. The minimum Gasteiger partial charge on any atom is -0.445 e. The van der Waals surface area contributed by atoms with Gasteiger partial charge < -0.3 is 14.6 Å². The molecule has 2 aliphatic rings. The molecule has 1 atom stereocenters. The van der Waals surface area contributed by atoms with Crippen molar-refractivity contribution in [1.82, 2.24) is 15.2 Å². The fourth-order valence-corrected chi connectivity index (χ4v) is 3.95. The molecule has 4 rings (SSSR count). The summed E-state index contributed by atoms with van der Waals surface area (Å²) < 4.78 is 46.1. The highest BCUT2D eigenvalue weighted by atomic mass is 19.4. The fourth-order valence-electron chi connectivity index (χ4n) is 3.95. The van der Waals surface area contributed by atoms with Gasteiger partial charge in [0.05, 0.1) is 17.5 Å². The molecule has 1 aliphatic heterocycles. The minimum absolute atomic E-state index is 0.110. The lowest BCUT2D eigenvalue weighted by Gasteiger charge is -2.29. The summed E-state index contributed by atoms with van der Waals surface area (Å²) in [6.45, 7) is 7.34. The monoisotopic (exact) mass is 498 g/mol. The van der Waals surface area contributed by atoms with Crippen molar-refractivity contribution >= 4 is 11.6 Å². The number of benzene rings is 1. The van der Waals surface area contributed by atoms with Crippen LogP contribution in [0.15, 0.2) is 81.1 Å². The minimum atomic E-state index is -4.50. The molecule has 1 aromatic carbocycles. The van der Waals surface area contributed by atoms with Crippen molar-refractivity contribution in [3.8, 4) is 11.5 Å². The maximum atomic E-state index is 13.6. The molecule has 1 unspecified atom stereocenters. The Morgan fingerprint density at radius 3 is 2.61 bits per heavy atom. The molecule has 1 saturated carbocycles. The average Bonchev–Trinajstić information content (AvgIpc) is 3.53. The van der Waals surface area contributed by atoms with Gasteiger partial charge >= 0.3 is 6.18 Å².